The van der Waals surface area contributed by atoms with Crippen molar-refractivity contribution in [3.63, 3.8) is 0 Å². The summed E-state index contributed by atoms with van der Waals surface area (Å²) >= 11 is 0. The van der Waals surface area contributed by atoms with E-state index >= 15 is 0 Å². The Morgan fingerprint density at radius 3 is 2.85 bits per heavy atom. The van der Waals surface area contributed by atoms with Crippen LogP contribution in [0.25, 0.3) is 11.3 Å². The maximum absolute atomic E-state index is 11.9. The SMILES string of the molecule is Cc1ccc(C(=O)N/N=C\c2ccc(-c3cccc([N+](=O)[O-])c3)o2)cn1. The number of aromatic nitrogens is 1. The smallest absolute Gasteiger partial charge is 0.272 e. The Bertz CT molecular complexity index is 977. The first kappa shape index (κ1) is 17.0. The van der Waals surface area contributed by atoms with Crippen molar-refractivity contribution in [2.24, 2.45) is 5.10 Å². The summed E-state index contributed by atoms with van der Waals surface area (Å²) in [6.07, 6.45) is 2.81. The Balaban J connectivity index is 1.67. The summed E-state index contributed by atoms with van der Waals surface area (Å²) in [7, 11) is 0. The third kappa shape index (κ3) is 3.99. The lowest BCUT2D eigenvalue weighted by molar-refractivity contribution is -0.384. The molecule has 0 aliphatic carbocycles. The molecule has 0 radical (unpaired) electrons. The minimum Gasteiger partial charge on any atom is -0.455 e. The molecule has 3 rings (SSSR count). The van der Waals surface area contributed by atoms with Crippen LogP contribution in [0, 0.1) is 17.0 Å². The molecule has 1 N–H and O–H groups in total. The standard InChI is InChI=1S/C18H14N4O4/c1-12-5-6-14(10-19-12)18(23)21-20-11-16-7-8-17(26-16)13-3-2-4-15(9-13)22(24)25/h2-11H,1H3,(H,21,23)/b20-11-. The van der Waals surface area contributed by atoms with Gasteiger partial charge < -0.3 is 4.42 Å². The maximum Gasteiger partial charge on any atom is 0.272 e. The van der Waals surface area contributed by atoms with Gasteiger partial charge >= 0.3 is 0 Å². The molecule has 2 heterocycles. The van der Waals surface area contributed by atoms with Crippen molar-refractivity contribution in [2.45, 2.75) is 6.92 Å². The number of furan rings is 1. The lowest BCUT2D eigenvalue weighted by atomic mass is 10.1. The summed E-state index contributed by atoms with van der Waals surface area (Å²) < 4.78 is 5.57. The first-order valence-corrected chi connectivity index (χ1v) is 7.63. The van der Waals surface area contributed by atoms with E-state index in [0.717, 1.165) is 5.69 Å². The minimum atomic E-state index is -0.468. The fourth-order valence-electron chi connectivity index (χ4n) is 2.17. The van der Waals surface area contributed by atoms with E-state index < -0.39 is 4.92 Å². The van der Waals surface area contributed by atoms with Gasteiger partial charge in [-0.3, -0.25) is 19.9 Å². The molecule has 0 aliphatic heterocycles. The zero-order chi connectivity index (χ0) is 18.5. The number of nitrogens with zero attached hydrogens (tertiary/aromatic N) is 3. The second kappa shape index (κ2) is 7.39. The number of hydrogen-bond donors (Lipinski definition) is 1. The first-order chi connectivity index (χ1) is 12.5. The monoisotopic (exact) mass is 350 g/mol. The Kier molecular flexibility index (Phi) is 4.84. The maximum atomic E-state index is 11.9. The van der Waals surface area contributed by atoms with Gasteiger partial charge in [-0.15, -0.1) is 0 Å². The van der Waals surface area contributed by atoms with Gasteiger partial charge in [-0.25, -0.2) is 5.43 Å². The number of non-ortho nitro benzene ring substituents is 1. The Hall–Kier alpha value is -3.81. The van der Waals surface area contributed by atoms with Gasteiger partial charge in [0, 0.05) is 29.6 Å². The molecule has 26 heavy (non-hydrogen) atoms. The molecule has 130 valence electrons. The number of pyridine rings is 1. The molecule has 1 aromatic carbocycles. The molecular weight excluding hydrogens is 336 g/mol. The summed E-state index contributed by atoms with van der Waals surface area (Å²) in [5, 5.41) is 14.7. The Labute approximate surface area is 148 Å². The lowest BCUT2D eigenvalue weighted by Crippen LogP contribution is -2.17. The highest BCUT2D eigenvalue weighted by atomic mass is 16.6. The van der Waals surface area contributed by atoms with Crippen LogP contribution in [0.15, 0.2) is 64.2 Å². The summed E-state index contributed by atoms with van der Waals surface area (Å²) in [6, 6.07) is 12.8. The number of amides is 1. The van der Waals surface area contributed by atoms with Gasteiger partial charge in [0.05, 0.1) is 16.7 Å². The van der Waals surface area contributed by atoms with Crippen LogP contribution in [0.3, 0.4) is 0 Å². The highest BCUT2D eigenvalue weighted by Gasteiger charge is 2.10. The number of rotatable bonds is 5. The van der Waals surface area contributed by atoms with E-state index in [2.05, 4.69) is 15.5 Å². The van der Waals surface area contributed by atoms with Crippen molar-refractivity contribution >= 4 is 17.8 Å². The summed E-state index contributed by atoms with van der Waals surface area (Å²) in [4.78, 5) is 26.3. The van der Waals surface area contributed by atoms with Crippen LogP contribution < -0.4 is 5.43 Å². The van der Waals surface area contributed by atoms with Gasteiger partial charge in [0.25, 0.3) is 11.6 Å². The number of carbonyl (C=O) groups excluding carboxylic acids is 1. The van der Waals surface area contributed by atoms with Crippen LogP contribution in [0.2, 0.25) is 0 Å². The van der Waals surface area contributed by atoms with Gasteiger partial charge in [-0.2, -0.15) is 5.10 Å². The Morgan fingerprint density at radius 2 is 2.12 bits per heavy atom. The van der Waals surface area contributed by atoms with E-state index in [9.17, 15) is 14.9 Å². The molecule has 8 nitrogen and oxygen atoms in total. The molecule has 1 amide bonds. The van der Waals surface area contributed by atoms with Crippen LogP contribution in [0.1, 0.15) is 21.8 Å². The van der Waals surface area contributed by atoms with Crippen LogP contribution in [0.5, 0.6) is 0 Å². The normalized spacial score (nSPS) is 10.8. The molecule has 0 saturated heterocycles. The van der Waals surface area contributed by atoms with Gasteiger partial charge in [0.2, 0.25) is 0 Å². The highest BCUT2D eigenvalue weighted by Crippen LogP contribution is 2.25. The number of nitrogens with one attached hydrogen (secondary N) is 1. The van der Waals surface area contributed by atoms with Crippen molar-refractivity contribution < 1.29 is 14.1 Å². The second-order valence-electron chi connectivity index (χ2n) is 5.40. The molecule has 0 fully saturated rings. The van der Waals surface area contributed by atoms with E-state index in [1.165, 1.54) is 24.5 Å². The predicted molar refractivity (Wildman–Crippen MR) is 94.8 cm³/mol. The van der Waals surface area contributed by atoms with Gasteiger partial charge in [-0.05, 0) is 31.2 Å². The fourth-order valence-corrected chi connectivity index (χ4v) is 2.17. The van der Waals surface area contributed by atoms with E-state index in [0.29, 0.717) is 22.6 Å². The van der Waals surface area contributed by atoms with Gasteiger partial charge in [0.15, 0.2) is 0 Å². The highest BCUT2D eigenvalue weighted by molar-refractivity contribution is 5.94. The zero-order valence-corrected chi connectivity index (χ0v) is 13.7. The molecule has 8 heteroatoms. The minimum absolute atomic E-state index is 0.0203. The van der Waals surface area contributed by atoms with Gasteiger partial charge in [-0.1, -0.05) is 12.1 Å². The number of benzene rings is 1. The molecule has 3 aromatic rings. The van der Waals surface area contributed by atoms with Gasteiger partial charge in [0.1, 0.15) is 11.5 Å². The van der Waals surface area contributed by atoms with E-state index in [1.54, 1.807) is 36.4 Å². The third-order valence-corrected chi connectivity index (χ3v) is 3.50. The number of aryl methyl sites for hydroxylation is 1. The average Bonchev–Trinajstić information content (AvgIpc) is 3.11. The zero-order valence-electron chi connectivity index (χ0n) is 13.7. The number of nitro groups is 1. The van der Waals surface area contributed by atoms with E-state index in [1.807, 2.05) is 6.92 Å². The fraction of sp³-hybridized carbons (Fsp3) is 0.0556. The Morgan fingerprint density at radius 1 is 1.27 bits per heavy atom. The lowest BCUT2D eigenvalue weighted by Gasteiger charge is -1.99. The summed E-state index contributed by atoms with van der Waals surface area (Å²) in [6.45, 7) is 1.83. The molecule has 0 aliphatic rings. The number of hydrogen-bond acceptors (Lipinski definition) is 6. The number of nitro benzene ring substituents is 1. The second-order valence-corrected chi connectivity index (χ2v) is 5.40. The number of carbonyl (C=O) groups is 1. The molecule has 0 bridgehead atoms. The number of hydrazone groups is 1. The van der Waals surface area contributed by atoms with Crippen molar-refractivity contribution in [3.05, 3.63) is 81.9 Å². The largest absolute Gasteiger partial charge is 0.455 e. The average molecular weight is 350 g/mol. The molecule has 0 unspecified atom stereocenters. The topological polar surface area (TPSA) is 111 Å². The molecule has 2 aromatic heterocycles. The molecular formula is C18H14N4O4. The van der Waals surface area contributed by atoms with Crippen LogP contribution in [0.4, 0.5) is 5.69 Å². The van der Waals surface area contributed by atoms with E-state index in [-0.39, 0.29) is 11.6 Å². The van der Waals surface area contributed by atoms with Crippen molar-refractivity contribution in [1.82, 2.24) is 10.4 Å². The quantitative estimate of drug-likeness (QED) is 0.431. The molecule has 0 spiro atoms. The third-order valence-electron chi connectivity index (χ3n) is 3.50. The van der Waals surface area contributed by atoms with Crippen molar-refractivity contribution in [2.75, 3.05) is 0 Å². The summed E-state index contributed by atoms with van der Waals surface area (Å²) in [5.74, 6) is 0.470. The molecule has 0 atom stereocenters. The van der Waals surface area contributed by atoms with E-state index in [4.69, 9.17) is 4.42 Å². The van der Waals surface area contributed by atoms with Crippen molar-refractivity contribution in [1.29, 1.82) is 0 Å². The van der Waals surface area contributed by atoms with Crippen LogP contribution in [-0.2, 0) is 0 Å². The van der Waals surface area contributed by atoms with Crippen LogP contribution in [-0.4, -0.2) is 22.0 Å². The van der Waals surface area contributed by atoms with Crippen molar-refractivity contribution in [3.8, 4) is 11.3 Å². The first-order valence-electron chi connectivity index (χ1n) is 7.63. The predicted octanol–water partition coefficient (Wildman–Crippen LogP) is 3.32. The van der Waals surface area contributed by atoms with Crippen LogP contribution >= 0.6 is 0 Å². The summed E-state index contributed by atoms with van der Waals surface area (Å²) in [5.41, 5.74) is 4.15. The molecule has 0 saturated carbocycles.